The first-order valence-electron chi connectivity index (χ1n) is 5.09. The lowest BCUT2D eigenvalue weighted by Crippen LogP contribution is -2.56. The number of nitrogens with zero attached hydrogens (tertiary/aromatic N) is 3. The van der Waals surface area contributed by atoms with Gasteiger partial charge in [0, 0.05) is 12.8 Å². The molecule has 0 spiro atoms. The summed E-state index contributed by atoms with van der Waals surface area (Å²) < 4.78 is 1.65. The molecule has 1 aliphatic carbocycles. The molecule has 1 unspecified atom stereocenters. The molecule has 0 aliphatic heterocycles. The summed E-state index contributed by atoms with van der Waals surface area (Å²) in [6, 6.07) is 0. The third kappa shape index (κ3) is 2.05. The van der Waals surface area contributed by atoms with Gasteiger partial charge >= 0.3 is 0 Å². The van der Waals surface area contributed by atoms with E-state index in [4.69, 9.17) is 11.5 Å². The Kier molecular flexibility index (Phi) is 2.90. The standard InChI is InChI=1S/C9H15N5OS/c1-14-8(12-5-13-14)16-4-9(11,7(10)15)6-2-3-6/h5-6H,2-4,11H2,1H3,(H2,10,15). The van der Waals surface area contributed by atoms with Gasteiger partial charge in [0.2, 0.25) is 5.91 Å². The van der Waals surface area contributed by atoms with Gasteiger partial charge in [-0.3, -0.25) is 4.79 Å². The summed E-state index contributed by atoms with van der Waals surface area (Å²) in [7, 11) is 1.80. The first-order valence-corrected chi connectivity index (χ1v) is 6.08. The van der Waals surface area contributed by atoms with E-state index in [9.17, 15) is 4.79 Å². The molecule has 1 heterocycles. The van der Waals surface area contributed by atoms with Crippen molar-refractivity contribution in [2.24, 2.45) is 24.4 Å². The van der Waals surface area contributed by atoms with Crippen molar-refractivity contribution in [1.82, 2.24) is 14.8 Å². The molecule has 1 aromatic rings. The van der Waals surface area contributed by atoms with Crippen LogP contribution in [-0.2, 0) is 11.8 Å². The van der Waals surface area contributed by atoms with Gasteiger partial charge in [0.1, 0.15) is 11.9 Å². The number of carbonyl (C=O) groups is 1. The fourth-order valence-corrected chi connectivity index (χ4v) is 2.69. The summed E-state index contributed by atoms with van der Waals surface area (Å²) >= 11 is 1.42. The van der Waals surface area contributed by atoms with Crippen molar-refractivity contribution in [3.63, 3.8) is 0 Å². The Labute approximate surface area is 97.8 Å². The topological polar surface area (TPSA) is 99.8 Å². The Morgan fingerprint density at radius 2 is 2.44 bits per heavy atom. The summed E-state index contributed by atoms with van der Waals surface area (Å²) in [5.74, 6) is 0.259. The van der Waals surface area contributed by atoms with Crippen LogP contribution in [0.5, 0.6) is 0 Å². The summed E-state index contributed by atoms with van der Waals surface area (Å²) in [4.78, 5) is 15.5. The maximum Gasteiger partial charge on any atom is 0.238 e. The van der Waals surface area contributed by atoms with Gasteiger partial charge in [-0.05, 0) is 18.8 Å². The third-order valence-corrected chi connectivity index (χ3v) is 4.12. The fraction of sp³-hybridized carbons (Fsp3) is 0.667. The smallest absolute Gasteiger partial charge is 0.238 e. The van der Waals surface area contributed by atoms with Crippen molar-refractivity contribution in [2.45, 2.75) is 23.5 Å². The SMILES string of the molecule is Cn1ncnc1SCC(N)(C(N)=O)C1CC1. The molecular formula is C9H15N5OS. The molecule has 0 radical (unpaired) electrons. The Morgan fingerprint density at radius 1 is 1.75 bits per heavy atom. The van der Waals surface area contributed by atoms with Gasteiger partial charge in [0.05, 0.1) is 0 Å². The second-order valence-electron chi connectivity index (χ2n) is 4.13. The zero-order valence-corrected chi connectivity index (χ0v) is 9.91. The lowest BCUT2D eigenvalue weighted by Gasteiger charge is -2.24. The number of hydrogen-bond donors (Lipinski definition) is 2. The molecule has 7 heteroatoms. The molecule has 16 heavy (non-hydrogen) atoms. The summed E-state index contributed by atoms with van der Waals surface area (Å²) in [5.41, 5.74) is 10.5. The average molecular weight is 241 g/mol. The molecule has 1 aromatic heterocycles. The first kappa shape index (κ1) is 11.4. The van der Waals surface area contributed by atoms with E-state index in [2.05, 4.69) is 10.1 Å². The van der Waals surface area contributed by atoms with Crippen LogP contribution in [0, 0.1) is 5.92 Å². The molecule has 0 saturated heterocycles. The van der Waals surface area contributed by atoms with E-state index in [0.717, 1.165) is 18.0 Å². The molecule has 1 saturated carbocycles. The molecule has 1 amide bonds. The number of rotatable bonds is 5. The molecule has 88 valence electrons. The minimum Gasteiger partial charge on any atom is -0.368 e. The van der Waals surface area contributed by atoms with Gasteiger partial charge < -0.3 is 11.5 Å². The highest BCUT2D eigenvalue weighted by atomic mass is 32.2. The number of hydrogen-bond acceptors (Lipinski definition) is 5. The first-order chi connectivity index (χ1) is 7.54. The molecule has 1 aliphatic rings. The largest absolute Gasteiger partial charge is 0.368 e. The highest BCUT2D eigenvalue weighted by molar-refractivity contribution is 7.99. The predicted molar refractivity (Wildman–Crippen MR) is 60.6 cm³/mol. The maximum atomic E-state index is 11.4. The number of thioether (sulfide) groups is 1. The second-order valence-corrected chi connectivity index (χ2v) is 5.08. The summed E-state index contributed by atoms with van der Waals surface area (Å²) in [5, 5.41) is 4.70. The predicted octanol–water partition coefficient (Wildman–Crippen LogP) is -0.500. The van der Waals surface area contributed by atoms with Crippen LogP contribution in [0.4, 0.5) is 0 Å². The highest BCUT2D eigenvalue weighted by Gasteiger charge is 2.46. The van der Waals surface area contributed by atoms with Crippen molar-refractivity contribution >= 4 is 17.7 Å². The Hall–Kier alpha value is -1.08. The van der Waals surface area contributed by atoms with Gasteiger partial charge in [-0.15, -0.1) is 0 Å². The van der Waals surface area contributed by atoms with E-state index in [0.29, 0.717) is 5.75 Å². The van der Waals surface area contributed by atoms with Crippen LogP contribution in [-0.4, -0.2) is 32.0 Å². The Morgan fingerprint density at radius 3 is 2.88 bits per heavy atom. The summed E-state index contributed by atoms with van der Waals surface area (Å²) in [6.45, 7) is 0. The number of aromatic nitrogens is 3. The van der Waals surface area contributed by atoms with Crippen molar-refractivity contribution in [1.29, 1.82) is 0 Å². The molecule has 6 nitrogen and oxygen atoms in total. The minimum atomic E-state index is -0.906. The number of primary amides is 1. The Bertz CT molecular complexity index is 402. The summed E-state index contributed by atoms with van der Waals surface area (Å²) in [6.07, 6.45) is 3.44. The van der Waals surface area contributed by atoms with Crippen molar-refractivity contribution in [3.8, 4) is 0 Å². The lowest BCUT2D eigenvalue weighted by atomic mass is 9.96. The quantitative estimate of drug-likeness (QED) is 0.677. The normalized spacial score (nSPS) is 19.4. The lowest BCUT2D eigenvalue weighted by molar-refractivity contribution is -0.123. The zero-order valence-electron chi connectivity index (χ0n) is 9.09. The van der Waals surface area contributed by atoms with Crippen LogP contribution in [0.25, 0.3) is 0 Å². The zero-order chi connectivity index (χ0) is 11.8. The number of aryl methyl sites for hydroxylation is 1. The average Bonchev–Trinajstić information content (AvgIpc) is 3.00. The molecule has 2 rings (SSSR count). The van der Waals surface area contributed by atoms with Crippen LogP contribution in [0.2, 0.25) is 0 Å². The van der Waals surface area contributed by atoms with E-state index in [-0.39, 0.29) is 5.92 Å². The van der Waals surface area contributed by atoms with Gasteiger partial charge in [-0.1, -0.05) is 11.8 Å². The molecule has 0 aromatic carbocycles. The van der Waals surface area contributed by atoms with Gasteiger partial charge in [-0.2, -0.15) is 5.10 Å². The van der Waals surface area contributed by atoms with E-state index >= 15 is 0 Å². The molecular weight excluding hydrogens is 226 g/mol. The van der Waals surface area contributed by atoms with Crippen LogP contribution in [0.1, 0.15) is 12.8 Å². The third-order valence-electron chi connectivity index (χ3n) is 2.87. The number of carbonyl (C=O) groups excluding carboxylic acids is 1. The molecule has 1 fully saturated rings. The minimum absolute atomic E-state index is 0.228. The van der Waals surface area contributed by atoms with E-state index in [1.54, 1.807) is 11.7 Å². The van der Waals surface area contributed by atoms with E-state index < -0.39 is 11.4 Å². The Balaban J connectivity index is 2.02. The van der Waals surface area contributed by atoms with E-state index in [1.165, 1.54) is 18.1 Å². The van der Waals surface area contributed by atoms with Crippen LogP contribution >= 0.6 is 11.8 Å². The molecule has 4 N–H and O–H groups in total. The van der Waals surface area contributed by atoms with Gasteiger partial charge in [-0.25, -0.2) is 9.67 Å². The van der Waals surface area contributed by atoms with Gasteiger partial charge in [0.25, 0.3) is 0 Å². The molecule has 1 atom stereocenters. The number of nitrogens with two attached hydrogens (primary N) is 2. The monoisotopic (exact) mass is 241 g/mol. The van der Waals surface area contributed by atoms with Crippen LogP contribution in [0.15, 0.2) is 11.5 Å². The fourth-order valence-electron chi connectivity index (χ4n) is 1.59. The highest BCUT2D eigenvalue weighted by Crippen LogP contribution is 2.40. The maximum absolute atomic E-state index is 11.4. The molecule has 0 bridgehead atoms. The van der Waals surface area contributed by atoms with Crippen molar-refractivity contribution < 1.29 is 4.79 Å². The van der Waals surface area contributed by atoms with Crippen LogP contribution in [0.3, 0.4) is 0 Å². The number of amides is 1. The van der Waals surface area contributed by atoms with Crippen molar-refractivity contribution in [2.75, 3.05) is 5.75 Å². The van der Waals surface area contributed by atoms with Crippen LogP contribution < -0.4 is 11.5 Å². The second kappa shape index (κ2) is 4.06. The van der Waals surface area contributed by atoms with Crippen molar-refractivity contribution in [3.05, 3.63) is 6.33 Å². The van der Waals surface area contributed by atoms with E-state index in [1.807, 2.05) is 0 Å². The van der Waals surface area contributed by atoms with Gasteiger partial charge in [0.15, 0.2) is 5.16 Å².